The van der Waals surface area contributed by atoms with Crippen LogP contribution in [0.1, 0.15) is 64.5 Å². The molecule has 2 heterocycles. The normalized spacial score (nSPS) is 25.5. The molecule has 2 fully saturated rings. The topological polar surface area (TPSA) is 123 Å². The van der Waals surface area contributed by atoms with Crippen LogP contribution in [0.3, 0.4) is 0 Å². The Bertz CT molecular complexity index is 1070. The first-order valence-electron chi connectivity index (χ1n) is 11.1. The molecule has 32 heavy (non-hydrogen) atoms. The summed E-state index contributed by atoms with van der Waals surface area (Å²) in [6.45, 7) is 7.58. The largest absolute Gasteiger partial charge is 0.481 e. The number of likely N-dealkylation sites (tertiary alicyclic amines) is 1. The van der Waals surface area contributed by atoms with Crippen molar-refractivity contribution in [3.05, 3.63) is 30.0 Å². The van der Waals surface area contributed by atoms with Crippen LogP contribution in [0.5, 0.6) is 0 Å². The van der Waals surface area contributed by atoms with Crippen LogP contribution in [-0.2, 0) is 14.4 Å². The predicted octanol–water partition coefficient (Wildman–Crippen LogP) is 4.00. The zero-order valence-corrected chi connectivity index (χ0v) is 18.8. The van der Waals surface area contributed by atoms with Gasteiger partial charge < -0.3 is 20.5 Å². The molecule has 8 nitrogen and oxygen atoms in total. The molecule has 1 amide bonds. The zero-order valence-electron chi connectivity index (χ0n) is 18.8. The molecule has 2 aromatic rings. The molecule has 3 atom stereocenters. The fourth-order valence-corrected chi connectivity index (χ4v) is 6.16. The summed E-state index contributed by atoms with van der Waals surface area (Å²) in [6, 6.07) is 4.80. The molecule has 4 N–H and O–H groups in total. The van der Waals surface area contributed by atoms with Crippen molar-refractivity contribution in [2.75, 3.05) is 11.9 Å². The summed E-state index contributed by atoms with van der Waals surface area (Å²) >= 11 is 0. The Kier molecular flexibility index (Phi) is 5.53. The Hall–Kier alpha value is -2.87. The number of nitrogens with one attached hydrogen (secondary N) is 2. The average molecular weight is 442 g/mol. The fourth-order valence-electron chi connectivity index (χ4n) is 6.16. The molecule has 1 aliphatic heterocycles. The number of benzene rings is 1. The molecule has 1 aromatic carbocycles. The van der Waals surface area contributed by atoms with Gasteiger partial charge in [0.25, 0.3) is 0 Å². The van der Waals surface area contributed by atoms with Gasteiger partial charge in [0.05, 0.1) is 6.42 Å². The van der Waals surface area contributed by atoms with Gasteiger partial charge in [0, 0.05) is 47.4 Å². The molecule has 3 unspecified atom stereocenters. The van der Waals surface area contributed by atoms with Crippen molar-refractivity contribution in [3.63, 3.8) is 0 Å². The number of aliphatic carboxylic acids is 2. The van der Waals surface area contributed by atoms with Gasteiger partial charge in [-0.05, 0) is 42.2 Å². The number of nitrogens with zero attached hydrogens (tertiary/aromatic N) is 1. The van der Waals surface area contributed by atoms with Crippen molar-refractivity contribution < 1.29 is 24.6 Å². The van der Waals surface area contributed by atoms with Crippen LogP contribution in [-0.4, -0.2) is 50.5 Å². The van der Waals surface area contributed by atoms with Gasteiger partial charge in [0.15, 0.2) is 0 Å². The summed E-state index contributed by atoms with van der Waals surface area (Å²) in [7, 11) is 0. The number of fused-ring (bicyclic) bond motifs is 3. The number of H-pyrrole nitrogens is 1. The number of aromatic nitrogens is 1. The van der Waals surface area contributed by atoms with Crippen molar-refractivity contribution >= 4 is 34.4 Å². The number of amides is 1. The maximum absolute atomic E-state index is 12.5. The highest BCUT2D eigenvalue weighted by molar-refractivity contribution is 5.96. The van der Waals surface area contributed by atoms with E-state index >= 15 is 0 Å². The molecule has 1 aromatic heterocycles. The van der Waals surface area contributed by atoms with Gasteiger partial charge in [-0.3, -0.25) is 19.3 Å². The van der Waals surface area contributed by atoms with Gasteiger partial charge in [-0.1, -0.05) is 26.8 Å². The van der Waals surface area contributed by atoms with Crippen molar-refractivity contribution in [2.24, 2.45) is 10.8 Å². The van der Waals surface area contributed by atoms with Gasteiger partial charge in [-0.15, -0.1) is 0 Å². The van der Waals surface area contributed by atoms with E-state index in [4.69, 9.17) is 5.11 Å². The van der Waals surface area contributed by atoms with Crippen LogP contribution in [0.25, 0.3) is 10.9 Å². The smallest absolute Gasteiger partial charge is 0.325 e. The van der Waals surface area contributed by atoms with Crippen molar-refractivity contribution in [1.82, 2.24) is 9.88 Å². The Labute approximate surface area is 187 Å². The maximum atomic E-state index is 12.5. The quantitative estimate of drug-likeness (QED) is 0.515. The van der Waals surface area contributed by atoms with E-state index in [1.807, 2.05) is 6.07 Å². The molecule has 0 spiro atoms. The molecule has 172 valence electrons. The summed E-state index contributed by atoms with van der Waals surface area (Å²) in [5, 5.41) is 22.5. The SMILES string of the molecule is CC1(C)CC2CC(C)(CN2C(C(=O)O)c2c[nH]c3cc(NC(=O)CCC(=O)O)ccc23)C1. The molecule has 0 radical (unpaired) electrons. The number of carboxylic acids is 2. The highest BCUT2D eigenvalue weighted by Gasteiger charge is 2.52. The first kappa shape index (κ1) is 22.3. The Morgan fingerprint density at radius 2 is 1.94 bits per heavy atom. The van der Waals surface area contributed by atoms with Gasteiger partial charge >= 0.3 is 11.9 Å². The van der Waals surface area contributed by atoms with Crippen LogP contribution < -0.4 is 5.32 Å². The van der Waals surface area contributed by atoms with E-state index in [0.29, 0.717) is 5.69 Å². The van der Waals surface area contributed by atoms with Crippen LogP contribution in [0.4, 0.5) is 5.69 Å². The average Bonchev–Trinajstić information content (AvgIpc) is 3.17. The lowest BCUT2D eigenvalue weighted by atomic mass is 9.65. The number of rotatable bonds is 7. The second kappa shape index (κ2) is 7.92. The molecular weight excluding hydrogens is 410 g/mol. The summed E-state index contributed by atoms with van der Waals surface area (Å²) in [6.07, 6.45) is 4.54. The molecule has 8 heteroatoms. The number of hydrogen-bond donors (Lipinski definition) is 4. The van der Waals surface area contributed by atoms with E-state index in [2.05, 4.69) is 36.0 Å². The third-order valence-electron chi connectivity index (χ3n) is 6.88. The molecule has 2 bridgehead atoms. The second-order valence-electron chi connectivity index (χ2n) is 10.6. The number of carboxylic acid groups (broad SMARTS) is 2. The van der Waals surface area contributed by atoms with Crippen molar-refractivity contribution in [3.8, 4) is 0 Å². The fraction of sp³-hybridized carbons (Fsp3) is 0.542. The summed E-state index contributed by atoms with van der Waals surface area (Å²) < 4.78 is 0. The first-order chi connectivity index (χ1) is 15.0. The molecular formula is C24H31N3O5. The van der Waals surface area contributed by atoms with E-state index in [1.54, 1.807) is 18.3 Å². The van der Waals surface area contributed by atoms with Crippen LogP contribution in [0, 0.1) is 10.8 Å². The molecule has 1 saturated heterocycles. The minimum atomic E-state index is -1.02. The summed E-state index contributed by atoms with van der Waals surface area (Å²) in [5.74, 6) is -2.25. The standard InChI is InChI=1S/C24H31N3O5/c1-23(2)9-15-10-24(3,12-23)13-27(15)21(22(31)32)17-11-25-18-8-14(4-5-16(17)18)26-19(28)6-7-20(29)30/h4-5,8,11,15,21,25H,6-7,9-10,12-13H2,1-3H3,(H,26,28)(H,29,30)(H,31,32). The molecule has 4 rings (SSSR count). The maximum Gasteiger partial charge on any atom is 0.325 e. The monoisotopic (exact) mass is 441 g/mol. The lowest BCUT2D eigenvalue weighted by molar-refractivity contribution is -0.144. The minimum Gasteiger partial charge on any atom is -0.481 e. The lowest BCUT2D eigenvalue weighted by Gasteiger charge is -2.40. The van der Waals surface area contributed by atoms with Crippen LogP contribution in [0.15, 0.2) is 24.4 Å². The number of anilines is 1. The van der Waals surface area contributed by atoms with Crippen molar-refractivity contribution in [2.45, 2.75) is 65.0 Å². The van der Waals surface area contributed by atoms with E-state index in [9.17, 15) is 19.5 Å². The molecule has 2 aliphatic rings. The third kappa shape index (κ3) is 4.37. The zero-order chi connectivity index (χ0) is 23.3. The highest BCUT2D eigenvalue weighted by Crippen LogP contribution is 2.54. The van der Waals surface area contributed by atoms with Gasteiger partial charge in [-0.2, -0.15) is 0 Å². The summed E-state index contributed by atoms with van der Waals surface area (Å²) in [4.78, 5) is 40.4. The summed E-state index contributed by atoms with van der Waals surface area (Å²) in [5.41, 5.74) is 2.32. The first-order valence-corrected chi connectivity index (χ1v) is 11.1. The predicted molar refractivity (Wildman–Crippen MR) is 120 cm³/mol. The number of carbonyl (C=O) groups is 3. The van der Waals surface area contributed by atoms with Crippen LogP contribution >= 0.6 is 0 Å². The Balaban J connectivity index is 1.60. The van der Waals surface area contributed by atoms with E-state index in [-0.39, 0.29) is 35.6 Å². The van der Waals surface area contributed by atoms with E-state index in [1.165, 1.54) is 0 Å². The van der Waals surface area contributed by atoms with Gasteiger partial charge in [-0.25, -0.2) is 0 Å². The van der Waals surface area contributed by atoms with Gasteiger partial charge in [0.1, 0.15) is 6.04 Å². The van der Waals surface area contributed by atoms with E-state index < -0.39 is 18.0 Å². The Morgan fingerprint density at radius 1 is 1.19 bits per heavy atom. The Morgan fingerprint density at radius 3 is 2.62 bits per heavy atom. The highest BCUT2D eigenvalue weighted by atomic mass is 16.4. The molecule has 1 saturated carbocycles. The lowest BCUT2D eigenvalue weighted by Crippen LogP contribution is -2.39. The van der Waals surface area contributed by atoms with Crippen molar-refractivity contribution in [1.29, 1.82) is 0 Å². The number of carbonyl (C=O) groups excluding carboxylic acids is 1. The minimum absolute atomic E-state index is 0.101. The molecule has 1 aliphatic carbocycles. The van der Waals surface area contributed by atoms with Crippen LogP contribution in [0.2, 0.25) is 0 Å². The third-order valence-corrected chi connectivity index (χ3v) is 6.88. The van der Waals surface area contributed by atoms with Gasteiger partial charge in [0.2, 0.25) is 5.91 Å². The number of hydrogen-bond acceptors (Lipinski definition) is 4. The second-order valence-corrected chi connectivity index (χ2v) is 10.6. The van der Waals surface area contributed by atoms with E-state index in [0.717, 1.165) is 42.3 Å². The number of aromatic amines is 1.